The molecule has 3 heterocycles. The smallest absolute Gasteiger partial charge is 0.281 e. The third-order valence-corrected chi connectivity index (χ3v) is 6.41. The van der Waals surface area contributed by atoms with E-state index in [0.29, 0.717) is 26.3 Å². The fourth-order valence-electron chi connectivity index (χ4n) is 3.22. The summed E-state index contributed by atoms with van der Waals surface area (Å²) in [6.07, 6.45) is 1.62. The fraction of sp³-hybridized carbons (Fsp3) is 0.688. The Hall–Kier alpha value is -1.06. The summed E-state index contributed by atoms with van der Waals surface area (Å²) < 4.78 is 38.8. The van der Waals surface area contributed by atoms with E-state index >= 15 is 0 Å². The van der Waals surface area contributed by atoms with Gasteiger partial charge < -0.3 is 9.47 Å². The number of aromatic nitrogens is 1. The van der Waals surface area contributed by atoms with Crippen molar-refractivity contribution in [2.75, 3.05) is 33.8 Å². The van der Waals surface area contributed by atoms with Crippen molar-refractivity contribution in [3.63, 3.8) is 0 Å². The summed E-state index contributed by atoms with van der Waals surface area (Å²) in [4.78, 5) is 4.44. The van der Waals surface area contributed by atoms with Crippen LogP contribution in [-0.4, -0.2) is 67.5 Å². The number of ether oxygens (including phenoxy) is 2. The van der Waals surface area contributed by atoms with Crippen molar-refractivity contribution in [1.29, 1.82) is 0 Å². The van der Waals surface area contributed by atoms with E-state index in [2.05, 4.69) is 4.98 Å². The molecule has 3 rings (SSSR count). The lowest BCUT2D eigenvalue weighted by Crippen LogP contribution is -2.68. The molecule has 0 unspecified atom stereocenters. The van der Waals surface area contributed by atoms with E-state index in [1.165, 1.54) is 8.61 Å². The predicted molar refractivity (Wildman–Crippen MR) is 89.6 cm³/mol. The highest BCUT2D eigenvalue weighted by atomic mass is 32.2. The van der Waals surface area contributed by atoms with Gasteiger partial charge in [0.2, 0.25) is 0 Å². The first-order valence-corrected chi connectivity index (χ1v) is 9.56. The second kappa shape index (κ2) is 6.68. The lowest BCUT2D eigenvalue weighted by molar-refractivity contribution is -0.181. The molecule has 2 saturated heterocycles. The Balaban J connectivity index is 1.54. The highest BCUT2D eigenvalue weighted by Crippen LogP contribution is 2.37. The molecule has 0 N–H and O–H groups in total. The minimum absolute atomic E-state index is 0.0743. The zero-order chi connectivity index (χ0) is 17.4. The molecule has 7 nitrogen and oxygen atoms in total. The monoisotopic (exact) mass is 355 g/mol. The summed E-state index contributed by atoms with van der Waals surface area (Å²) in [5.74, 6) is 0. The minimum atomic E-state index is -3.36. The van der Waals surface area contributed by atoms with Crippen molar-refractivity contribution < 1.29 is 17.9 Å². The molecule has 0 aromatic carbocycles. The van der Waals surface area contributed by atoms with Crippen LogP contribution in [0.2, 0.25) is 0 Å². The summed E-state index contributed by atoms with van der Waals surface area (Å²) in [5.41, 5.74) is 1.50. The van der Waals surface area contributed by atoms with Gasteiger partial charge in [-0.1, -0.05) is 6.07 Å². The maximum absolute atomic E-state index is 12.1. The van der Waals surface area contributed by atoms with Crippen LogP contribution in [-0.2, 0) is 26.3 Å². The van der Waals surface area contributed by atoms with Gasteiger partial charge in [-0.25, -0.2) is 0 Å². The van der Waals surface area contributed by atoms with Crippen LogP contribution >= 0.6 is 0 Å². The van der Waals surface area contributed by atoms with Crippen LogP contribution in [0.3, 0.4) is 0 Å². The normalized spacial score (nSPS) is 24.2. The second-order valence-corrected chi connectivity index (χ2v) is 8.93. The van der Waals surface area contributed by atoms with Gasteiger partial charge in [0.25, 0.3) is 10.2 Å². The van der Waals surface area contributed by atoms with Crippen LogP contribution in [0.5, 0.6) is 0 Å². The fourth-order valence-corrected chi connectivity index (χ4v) is 4.48. The number of rotatable bonds is 5. The van der Waals surface area contributed by atoms with E-state index in [9.17, 15) is 8.42 Å². The van der Waals surface area contributed by atoms with Crippen molar-refractivity contribution >= 4 is 10.2 Å². The molecule has 24 heavy (non-hydrogen) atoms. The molecule has 0 saturated carbocycles. The third-order valence-electron chi connectivity index (χ3n) is 4.58. The average Bonchev–Trinajstić information content (AvgIpc) is 2.50. The van der Waals surface area contributed by atoms with Crippen LogP contribution in [0.4, 0.5) is 0 Å². The van der Waals surface area contributed by atoms with E-state index in [4.69, 9.17) is 9.47 Å². The van der Waals surface area contributed by atoms with Crippen LogP contribution in [0.25, 0.3) is 0 Å². The molecule has 134 valence electrons. The molecule has 2 aliphatic rings. The third kappa shape index (κ3) is 3.62. The lowest BCUT2D eigenvalue weighted by Gasteiger charge is -2.52. The number of pyridine rings is 1. The Morgan fingerprint density at radius 3 is 2.83 bits per heavy atom. The van der Waals surface area contributed by atoms with Gasteiger partial charge in [0.1, 0.15) is 0 Å². The van der Waals surface area contributed by atoms with Crippen molar-refractivity contribution in [1.82, 2.24) is 13.6 Å². The van der Waals surface area contributed by atoms with Gasteiger partial charge in [0, 0.05) is 45.9 Å². The van der Waals surface area contributed by atoms with Crippen molar-refractivity contribution in [2.24, 2.45) is 0 Å². The Bertz CT molecular complexity index is 686. The maximum Gasteiger partial charge on any atom is 0.281 e. The molecule has 0 bridgehead atoms. The molecule has 1 aromatic heterocycles. The molecule has 2 aliphatic heterocycles. The van der Waals surface area contributed by atoms with E-state index in [1.54, 1.807) is 14.1 Å². The van der Waals surface area contributed by atoms with E-state index in [0.717, 1.165) is 24.2 Å². The van der Waals surface area contributed by atoms with Crippen molar-refractivity contribution in [2.45, 2.75) is 38.1 Å². The summed E-state index contributed by atoms with van der Waals surface area (Å²) in [6.45, 7) is 3.83. The standard InChI is InChI=1S/C16H25N3O4S/c1-13-5-4-6-14(17-13)10-22-15-7-8-23-16(9-15)11-19(12-16)24(20,21)18(2)3/h4-6,15H,7-12H2,1-3H3/t15-/m1/s1. The first-order chi connectivity index (χ1) is 11.3. The summed E-state index contributed by atoms with van der Waals surface area (Å²) in [7, 11) is -0.268. The minimum Gasteiger partial charge on any atom is -0.372 e. The molecule has 1 spiro atoms. The van der Waals surface area contributed by atoms with Gasteiger partial charge in [-0.3, -0.25) is 4.98 Å². The van der Waals surface area contributed by atoms with Crippen LogP contribution in [0.1, 0.15) is 24.2 Å². The lowest BCUT2D eigenvalue weighted by atomic mass is 9.86. The predicted octanol–water partition coefficient (Wildman–Crippen LogP) is 0.946. The van der Waals surface area contributed by atoms with Crippen LogP contribution < -0.4 is 0 Å². The molecular weight excluding hydrogens is 330 g/mol. The molecule has 2 fully saturated rings. The number of nitrogens with zero attached hydrogens (tertiary/aromatic N) is 3. The Kier molecular flexibility index (Phi) is 4.94. The van der Waals surface area contributed by atoms with E-state index < -0.39 is 15.8 Å². The second-order valence-electron chi connectivity index (χ2n) is 6.79. The Labute approximate surface area is 143 Å². The van der Waals surface area contributed by atoms with Gasteiger partial charge >= 0.3 is 0 Å². The van der Waals surface area contributed by atoms with Gasteiger partial charge in [-0.05, 0) is 25.5 Å². The molecule has 0 aliphatic carbocycles. The first kappa shape index (κ1) is 17.8. The van der Waals surface area contributed by atoms with Crippen molar-refractivity contribution in [3.8, 4) is 0 Å². The Morgan fingerprint density at radius 1 is 1.42 bits per heavy atom. The average molecular weight is 355 g/mol. The Morgan fingerprint density at radius 2 is 2.17 bits per heavy atom. The largest absolute Gasteiger partial charge is 0.372 e. The first-order valence-electron chi connectivity index (χ1n) is 8.16. The number of aryl methyl sites for hydroxylation is 1. The summed E-state index contributed by atoms with van der Waals surface area (Å²) in [6, 6.07) is 5.89. The topological polar surface area (TPSA) is 72.0 Å². The number of hydrogen-bond acceptors (Lipinski definition) is 5. The zero-order valence-corrected chi connectivity index (χ0v) is 15.3. The van der Waals surface area contributed by atoms with Crippen LogP contribution in [0.15, 0.2) is 18.2 Å². The molecule has 8 heteroatoms. The molecular formula is C16H25N3O4S. The SMILES string of the molecule is Cc1cccc(CO[C@@H]2CCOC3(C2)CN(S(=O)(=O)N(C)C)C3)n1. The maximum atomic E-state index is 12.1. The summed E-state index contributed by atoms with van der Waals surface area (Å²) >= 11 is 0. The number of hydrogen-bond donors (Lipinski definition) is 0. The highest BCUT2D eigenvalue weighted by molar-refractivity contribution is 7.86. The zero-order valence-electron chi connectivity index (χ0n) is 14.4. The van der Waals surface area contributed by atoms with E-state index in [1.807, 2.05) is 25.1 Å². The van der Waals surface area contributed by atoms with E-state index in [-0.39, 0.29) is 6.10 Å². The van der Waals surface area contributed by atoms with Gasteiger partial charge in [0.05, 0.1) is 24.0 Å². The van der Waals surface area contributed by atoms with Gasteiger partial charge in [0.15, 0.2) is 0 Å². The highest BCUT2D eigenvalue weighted by Gasteiger charge is 2.52. The molecule has 1 atom stereocenters. The van der Waals surface area contributed by atoms with Gasteiger partial charge in [-0.2, -0.15) is 17.0 Å². The molecule has 0 radical (unpaired) electrons. The van der Waals surface area contributed by atoms with Gasteiger partial charge in [-0.15, -0.1) is 0 Å². The quantitative estimate of drug-likeness (QED) is 0.786. The van der Waals surface area contributed by atoms with Crippen molar-refractivity contribution in [3.05, 3.63) is 29.6 Å². The molecule has 0 amide bonds. The summed E-state index contributed by atoms with van der Waals surface area (Å²) in [5, 5.41) is 0. The molecule has 1 aromatic rings. The van der Waals surface area contributed by atoms with Crippen LogP contribution in [0, 0.1) is 6.92 Å².